The Morgan fingerprint density at radius 2 is 1.72 bits per heavy atom. The molecular formula is C21H30N4O4. The van der Waals surface area contributed by atoms with E-state index in [1.807, 2.05) is 32.9 Å². The minimum atomic E-state index is -0.503. The van der Waals surface area contributed by atoms with E-state index in [1.165, 1.54) is 0 Å². The van der Waals surface area contributed by atoms with Gasteiger partial charge in [-0.05, 0) is 44.7 Å². The van der Waals surface area contributed by atoms with Crippen LogP contribution in [0.2, 0.25) is 0 Å². The average molecular weight is 402 g/mol. The first-order valence-electron chi connectivity index (χ1n) is 10.2. The second kappa shape index (κ2) is 9.37. The largest absolute Gasteiger partial charge is 0.454 e. The number of carbonyl (C=O) groups excluding carboxylic acids is 3. The molecule has 1 saturated heterocycles. The van der Waals surface area contributed by atoms with E-state index in [9.17, 15) is 14.4 Å². The van der Waals surface area contributed by atoms with Crippen molar-refractivity contribution in [1.29, 1.82) is 0 Å². The van der Waals surface area contributed by atoms with Gasteiger partial charge in [-0.2, -0.15) is 0 Å². The van der Waals surface area contributed by atoms with Crippen LogP contribution < -0.4 is 21.5 Å². The molecule has 2 amide bonds. The molecule has 3 rings (SSSR count). The van der Waals surface area contributed by atoms with Crippen LogP contribution >= 0.6 is 0 Å². The summed E-state index contributed by atoms with van der Waals surface area (Å²) in [7, 11) is 0. The van der Waals surface area contributed by atoms with Crippen molar-refractivity contribution in [3.8, 4) is 0 Å². The van der Waals surface area contributed by atoms with Gasteiger partial charge in [0.2, 0.25) is 5.91 Å². The number of benzene rings is 1. The summed E-state index contributed by atoms with van der Waals surface area (Å²) in [6.07, 6.45) is 4.26. The van der Waals surface area contributed by atoms with Crippen molar-refractivity contribution in [3.05, 3.63) is 28.8 Å². The third-order valence-electron chi connectivity index (χ3n) is 5.66. The third-order valence-corrected chi connectivity index (χ3v) is 5.66. The normalized spacial score (nSPS) is 23.2. The molecule has 1 heterocycles. The molecule has 158 valence electrons. The van der Waals surface area contributed by atoms with Crippen molar-refractivity contribution in [2.45, 2.75) is 58.5 Å². The van der Waals surface area contributed by atoms with Gasteiger partial charge in [0, 0.05) is 17.6 Å². The van der Waals surface area contributed by atoms with Crippen LogP contribution in [0.5, 0.6) is 0 Å². The monoisotopic (exact) mass is 402 g/mol. The van der Waals surface area contributed by atoms with Gasteiger partial charge < -0.3 is 15.4 Å². The lowest BCUT2D eigenvalue weighted by atomic mass is 9.82. The van der Waals surface area contributed by atoms with Crippen molar-refractivity contribution in [2.24, 2.45) is 5.92 Å². The zero-order chi connectivity index (χ0) is 21.0. The second-order valence-electron chi connectivity index (χ2n) is 8.03. The molecule has 0 spiro atoms. The Morgan fingerprint density at radius 1 is 1.03 bits per heavy atom. The fourth-order valence-electron chi connectivity index (χ4n) is 4.29. The van der Waals surface area contributed by atoms with Crippen LogP contribution in [-0.4, -0.2) is 43.0 Å². The van der Waals surface area contributed by atoms with Gasteiger partial charge in [0.05, 0.1) is 6.54 Å². The van der Waals surface area contributed by atoms with Gasteiger partial charge in [0.1, 0.15) is 6.04 Å². The lowest BCUT2D eigenvalue weighted by Crippen LogP contribution is -2.42. The van der Waals surface area contributed by atoms with Gasteiger partial charge in [0.15, 0.2) is 6.61 Å². The quantitative estimate of drug-likeness (QED) is 0.533. The van der Waals surface area contributed by atoms with Crippen molar-refractivity contribution in [3.63, 3.8) is 0 Å². The highest BCUT2D eigenvalue weighted by atomic mass is 16.5. The van der Waals surface area contributed by atoms with Crippen LogP contribution in [0.25, 0.3) is 0 Å². The van der Waals surface area contributed by atoms with E-state index in [-0.39, 0.29) is 24.4 Å². The molecule has 2 aliphatic rings. The van der Waals surface area contributed by atoms with E-state index >= 15 is 0 Å². The molecule has 0 radical (unpaired) electrons. The van der Waals surface area contributed by atoms with Gasteiger partial charge in [0.25, 0.3) is 5.91 Å². The van der Waals surface area contributed by atoms with Crippen LogP contribution in [0.4, 0.5) is 5.69 Å². The minimum Gasteiger partial charge on any atom is -0.454 e. The lowest BCUT2D eigenvalue weighted by Gasteiger charge is -2.26. The summed E-state index contributed by atoms with van der Waals surface area (Å²) in [6.45, 7) is 5.27. The first-order valence-corrected chi connectivity index (χ1v) is 10.2. The van der Waals surface area contributed by atoms with Crippen molar-refractivity contribution in [2.75, 3.05) is 18.5 Å². The topological polar surface area (TPSA) is 109 Å². The van der Waals surface area contributed by atoms with Gasteiger partial charge in [-0.15, -0.1) is 0 Å². The Balaban J connectivity index is 1.41. The fraction of sp³-hybridized carbons (Fsp3) is 0.571. The maximum absolute atomic E-state index is 12.3. The summed E-state index contributed by atoms with van der Waals surface area (Å²) in [4.78, 5) is 36.4. The van der Waals surface area contributed by atoms with Crippen LogP contribution in [-0.2, 0) is 19.1 Å². The number of ether oxygens (including phenoxy) is 1. The number of amides is 2. The molecule has 8 nitrogen and oxygen atoms in total. The van der Waals surface area contributed by atoms with Crippen LogP contribution in [0.3, 0.4) is 0 Å². The highest BCUT2D eigenvalue weighted by molar-refractivity contribution is 5.96. The Kier molecular flexibility index (Phi) is 6.87. The molecule has 1 aromatic carbocycles. The van der Waals surface area contributed by atoms with Crippen LogP contribution in [0.1, 0.15) is 42.4 Å². The van der Waals surface area contributed by atoms with E-state index in [0.717, 1.165) is 48.1 Å². The minimum absolute atomic E-state index is 0.183. The van der Waals surface area contributed by atoms with E-state index in [2.05, 4.69) is 21.5 Å². The number of nitrogens with one attached hydrogen (secondary N) is 4. The third kappa shape index (κ3) is 5.33. The predicted molar refractivity (Wildman–Crippen MR) is 109 cm³/mol. The van der Waals surface area contributed by atoms with Crippen LogP contribution in [0.15, 0.2) is 12.1 Å². The summed E-state index contributed by atoms with van der Waals surface area (Å²) < 4.78 is 5.15. The second-order valence-corrected chi connectivity index (χ2v) is 8.03. The summed E-state index contributed by atoms with van der Waals surface area (Å²) in [5.74, 6) is -1.06. The predicted octanol–water partition coefficient (Wildman–Crippen LogP) is 1.24. The SMILES string of the molecule is Cc1cc(C)c(NC(=O)CNC(=O)COC(=O)C2NNC3CCCCC32)c(C)c1. The Hall–Kier alpha value is -2.45. The highest BCUT2D eigenvalue weighted by Gasteiger charge is 2.41. The number of hydrogen-bond acceptors (Lipinski definition) is 6. The lowest BCUT2D eigenvalue weighted by molar-refractivity contribution is -0.151. The summed E-state index contributed by atoms with van der Waals surface area (Å²) in [6, 6.07) is 3.84. The van der Waals surface area contributed by atoms with Crippen molar-refractivity contribution in [1.82, 2.24) is 16.2 Å². The van der Waals surface area contributed by atoms with E-state index < -0.39 is 24.5 Å². The van der Waals surface area contributed by atoms with Gasteiger partial charge in [-0.3, -0.25) is 19.8 Å². The Labute approximate surface area is 171 Å². The first-order chi connectivity index (χ1) is 13.8. The molecule has 29 heavy (non-hydrogen) atoms. The smallest absolute Gasteiger partial charge is 0.325 e. The molecule has 1 aromatic rings. The zero-order valence-electron chi connectivity index (χ0n) is 17.3. The number of rotatable bonds is 6. The number of hydrazine groups is 1. The summed E-state index contributed by atoms with van der Waals surface area (Å²) in [5.41, 5.74) is 9.95. The number of anilines is 1. The molecule has 0 aromatic heterocycles. The van der Waals surface area contributed by atoms with E-state index in [0.29, 0.717) is 0 Å². The fourth-order valence-corrected chi connectivity index (χ4v) is 4.29. The summed E-state index contributed by atoms with van der Waals surface area (Å²) >= 11 is 0. The molecule has 4 N–H and O–H groups in total. The maximum atomic E-state index is 12.3. The highest BCUT2D eigenvalue weighted by Crippen LogP contribution is 2.30. The molecule has 1 aliphatic heterocycles. The van der Waals surface area contributed by atoms with Gasteiger partial charge >= 0.3 is 5.97 Å². The van der Waals surface area contributed by atoms with Crippen molar-refractivity contribution < 1.29 is 19.1 Å². The number of esters is 1. The number of carbonyl (C=O) groups is 3. The van der Waals surface area contributed by atoms with Gasteiger partial charge in [-0.1, -0.05) is 30.5 Å². The zero-order valence-corrected chi connectivity index (χ0v) is 17.3. The molecule has 1 saturated carbocycles. The standard InChI is InChI=1S/C21H30N4O4/c1-12-8-13(2)19(14(3)9-12)23-17(26)10-22-18(27)11-29-21(28)20-15-6-4-5-7-16(15)24-25-20/h8-9,15-16,20,24-25H,4-7,10-11H2,1-3H3,(H,22,27)(H,23,26). The number of aryl methyl sites for hydroxylation is 3. The van der Waals surface area contributed by atoms with E-state index in [1.54, 1.807) is 0 Å². The van der Waals surface area contributed by atoms with Crippen molar-refractivity contribution >= 4 is 23.5 Å². The van der Waals surface area contributed by atoms with Crippen LogP contribution in [0, 0.1) is 26.7 Å². The maximum Gasteiger partial charge on any atom is 0.325 e. The summed E-state index contributed by atoms with van der Waals surface area (Å²) in [5, 5.41) is 5.31. The van der Waals surface area contributed by atoms with E-state index in [4.69, 9.17) is 4.74 Å². The molecule has 2 fully saturated rings. The first kappa shape index (κ1) is 21.3. The molecule has 0 bridgehead atoms. The Morgan fingerprint density at radius 3 is 2.45 bits per heavy atom. The molecular weight excluding hydrogens is 372 g/mol. The molecule has 1 aliphatic carbocycles. The molecule has 3 atom stereocenters. The molecule has 8 heteroatoms. The number of hydrogen-bond donors (Lipinski definition) is 4. The number of fused-ring (bicyclic) bond motifs is 1. The van der Waals surface area contributed by atoms with Gasteiger partial charge in [-0.25, -0.2) is 5.43 Å². The molecule has 3 unspecified atom stereocenters. The average Bonchev–Trinajstić information content (AvgIpc) is 3.11. The Bertz CT molecular complexity index is 772.